The molecule has 14 heteroatoms. The molecule has 2 aliphatic heterocycles. The number of ether oxygens (including phenoxy) is 6. The average Bonchev–Trinajstić information content (AvgIpc) is 3.41. The Hall–Kier alpha value is -3.35. The molecule has 11 atom stereocenters. The molecule has 0 bridgehead atoms. The maximum absolute atomic E-state index is 13.1. The van der Waals surface area contributed by atoms with E-state index in [9.17, 15) is 40.5 Å². The third-order valence-corrected chi connectivity index (χ3v) is 12.8. The van der Waals surface area contributed by atoms with Gasteiger partial charge >= 0.3 is 5.97 Å². The Morgan fingerprint density at radius 2 is 0.827 bits per heavy atom. The Bertz CT molecular complexity index is 1650. The van der Waals surface area contributed by atoms with Gasteiger partial charge in [-0.25, -0.2) is 0 Å². The molecule has 2 fully saturated rings. The number of esters is 1. The number of hydrogen-bond acceptors (Lipinski definition) is 14. The summed E-state index contributed by atoms with van der Waals surface area (Å²) in [5.41, 5.74) is 0. The van der Waals surface area contributed by atoms with Crippen molar-refractivity contribution in [2.24, 2.45) is 0 Å². The second-order valence-electron chi connectivity index (χ2n) is 19.3. The van der Waals surface area contributed by atoms with Crippen LogP contribution in [0.4, 0.5) is 0 Å². The molecule has 2 heterocycles. The minimum absolute atomic E-state index is 0.0363. The van der Waals surface area contributed by atoms with Crippen molar-refractivity contribution in [1.29, 1.82) is 0 Å². The summed E-state index contributed by atoms with van der Waals surface area (Å²) in [6.45, 7) is 3.38. The Morgan fingerprint density at radius 3 is 1.29 bits per heavy atom. The van der Waals surface area contributed by atoms with Gasteiger partial charge in [0.05, 0.1) is 26.4 Å². The standard InChI is InChI=1S/C61H100O14/c1-3-5-7-9-11-13-15-17-19-21-22-23-24-25-26-27-29-31-33-35-37-39-41-43-45-70-47-50(73-53(63)44-42-40-38-36-34-32-30-28-20-18-16-14-12-10-8-6-4-2)48-71-60-59(69)57(67)55(65)52(75-60)49-72-61-58(68)56(66)54(64)51(46-62)74-61/h5-8,11-14,17-20,22-23,25-26,29,31,50-52,54-62,64-69H,3-4,9-10,15-16,21,24,27-28,30,32-49H2,1-2H3/b7-5-,8-6-,13-11-,14-12-,19-17-,20-18-,23-22-,26-25-,31-29-. The molecular formula is C61H100O14. The normalized spacial score (nSPS) is 25.5. The highest BCUT2D eigenvalue weighted by Gasteiger charge is 2.47. The summed E-state index contributed by atoms with van der Waals surface area (Å²) >= 11 is 0. The molecule has 7 N–H and O–H groups in total. The molecule has 0 aliphatic carbocycles. The van der Waals surface area contributed by atoms with Crippen LogP contribution in [-0.2, 0) is 33.2 Å². The molecular weight excluding hydrogens is 957 g/mol. The van der Waals surface area contributed by atoms with Gasteiger partial charge in [0, 0.05) is 13.0 Å². The predicted octanol–water partition coefficient (Wildman–Crippen LogP) is 9.96. The van der Waals surface area contributed by atoms with Gasteiger partial charge in [-0.2, -0.15) is 0 Å². The van der Waals surface area contributed by atoms with Crippen molar-refractivity contribution in [3.8, 4) is 0 Å². The first-order chi connectivity index (χ1) is 36.6. The van der Waals surface area contributed by atoms with Gasteiger partial charge in [0.2, 0.25) is 0 Å². The van der Waals surface area contributed by atoms with Crippen LogP contribution in [0.5, 0.6) is 0 Å². The van der Waals surface area contributed by atoms with E-state index >= 15 is 0 Å². The topological polar surface area (TPSA) is 214 Å². The summed E-state index contributed by atoms with van der Waals surface area (Å²) in [7, 11) is 0. The van der Waals surface area contributed by atoms with Crippen LogP contribution < -0.4 is 0 Å². The summed E-state index contributed by atoms with van der Waals surface area (Å²) in [5.74, 6) is -0.399. The van der Waals surface area contributed by atoms with Gasteiger partial charge in [-0.1, -0.05) is 175 Å². The van der Waals surface area contributed by atoms with Crippen molar-refractivity contribution < 1.29 is 69.0 Å². The Kier molecular flexibility index (Phi) is 42.2. The van der Waals surface area contributed by atoms with Crippen LogP contribution in [0, 0.1) is 0 Å². The number of unbranched alkanes of at least 4 members (excludes halogenated alkanes) is 12. The summed E-state index contributed by atoms with van der Waals surface area (Å²) in [5, 5.41) is 72.3. The zero-order valence-corrected chi connectivity index (χ0v) is 45.7. The van der Waals surface area contributed by atoms with E-state index in [2.05, 4.69) is 123 Å². The van der Waals surface area contributed by atoms with Crippen molar-refractivity contribution in [3.63, 3.8) is 0 Å². The van der Waals surface area contributed by atoms with Crippen molar-refractivity contribution in [1.82, 2.24) is 0 Å². The molecule has 0 saturated carbocycles. The maximum atomic E-state index is 13.1. The number of carbonyl (C=O) groups is 1. The molecule has 75 heavy (non-hydrogen) atoms. The summed E-state index contributed by atoms with van der Waals surface area (Å²) < 4.78 is 34.3. The maximum Gasteiger partial charge on any atom is 0.306 e. The van der Waals surface area contributed by atoms with Crippen LogP contribution in [0.2, 0.25) is 0 Å². The molecule has 0 amide bonds. The molecule has 0 radical (unpaired) electrons. The zero-order chi connectivity index (χ0) is 54.4. The third kappa shape index (κ3) is 33.5. The fraction of sp³-hybridized carbons (Fsp3) is 0.689. The average molecular weight is 1060 g/mol. The summed E-state index contributed by atoms with van der Waals surface area (Å²) in [4.78, 5) is 13.1. The highest BCUT2D eigenvalue weighted by atomic mass is 16.7. The molecule has 0 aromatic heterocycles. The predicted molar refractivity (Wildman–Crippen MR) is 297 cm³/mol. The van der Waals surface area contributed by atoms with Crippen molar-refractivity contribution >= 4 is 5.97 Å². The number of hydrogen-bond donors (Lipinski definition) is 7. The van der Waals surface area contributed by atoms with Crippen LogP contribution in [0.25, 0.3) is 0 Å². The number of allylic oxidation sites excluding steroid dienone is 18. The number of rotatable bonds is 44. The van der Waals surface area contributed by atoms with Gasteiger partial charge in [0.25, 0.3) is 0 Å². The number of aliphatic hydroxyl groups is 7. The van der Waals surface area contributed by atoms with Crippen LogP contribution >= 0.6 is 0 Å². The molecule has 0 aromatic rings. The molecule has 0 spiro atoms. The van der Waals surface area contributed by atoms with E-state index in [0.29, 0.717) is 13.0 Å². The SMILES string of the molecule is CC/C=C\C/C=C\C/C=C\C/C=C\C/C=C\C/C=C\CCCCCCCOCC(COC1OC(COC2OC(CO)C(O)C(O)C2O)C(O)C(O)C1O)OC(=O)CCCCCCCCC/C=C\C/C=C\C/C=C\CC. The lowest BCUT2D eigenvalue weighted by atomic mass is 9.98. The van der Waals surface area contributed by atoms with Crippen LogP contribution in [0.3, 0.4) is 0 Å². The van der Waals surface area contributed by atoms with Gasteiger partial charge in [0.15, 0.2) is 12.6 Å². The van der Waals surface area contributed by atoms with Crippen molar-refractivity contribution in [2.45, 2.75) is 235 Å². The van der Waals surface area contributed by atoms with E-state index in [1.165, 1.54) is 12.8 Å². The first-order valence-corrected chi connectivity index (χ1v) is 28.5. The molecule has 11 unspecified atom stereocenters. The van der Waals surface area contributed by atoms with Crippen LogP contribution in [0.1, 0.15) is 168 Å². The van der Waals surface area contributed by atoms with E-state index in [4.69, 9.17) is 28.4 Å². The fourth-order valence-electron chi connectivity index (χ4n) is 8.24. The molecule has 14 nitrogen and oxygen atoms in total. The van der Waals surface area contributed by atoms with Crippen LogP contribution in [0.15, 0.2) is 109 Å². The number of carbonyl (C=O) groups excluding carboxylic acids is 1. The van der Waals surface area contributed by atoms with E-state index in [0.717, 1.165) is 128 Å². The lowest BCUT2D eigenvalue weighted by Crippen LogP contribution is -2.61. The van der Waals surface area contributed by atoms with Crippen LogP contribution in [-0.4, -0.2) is 142 Å². The molecule has 2 rings (SSSR count). The first-order valence-electron chi connectivity index (χ1n) is 28.5. The molecule has 2 aliphatic rings. The van der Waals surface area contributed by atoms with Gasteiger partial charge in [-0.3, -0.25) is 4.79 Å². The van der Waals surface area contributed by atoms with Gasteiger partial charge in [-0.15, -0.1) is 0 Å². The lowest BCUT2D eigenvalue weighted by Gasteiger charge is -2.42. The van der Waals surface area contributed by atoms with E-state index in [-0.39, 0.29) is 19.6 Å². The number of aliphatic hydroxyl groups excluding tert-OH is 7. The molecule has 2 saturated heterocycles. The van der Waals surface area contributed by atoms with E-state index in [1.54, 1.807) is 0 Å². The monoisotopic (exact) mass is 1060 g/mol. The highest BCUT2D eigenvalue weighted by molar-refractivity contribution is 5.69. The minimum atomic E-state index is -1.72. The quantitative estimate of drug-likeness (QED) is 0.0172. The second-order valence-corrected chi connectivity index (χ2v) is 19.3. The van der Waals surface area contributed by atoms with Gasteiger partial charge in [-0.05, 0) is 96.3 Å². The second kappa shape index (κ2) is 46.7. The van der Waals surface area contributed by atoms with Crippen molar-refractivity contribution in [3.05, 3.63) is 109 Å². The smallest absolute Gasteiger partial charge is 0.306 e. The van der Waals surface area contributed by atoms with E-state index < -0.39 is 86.7 Å². The van der Waals surface area contributed by atoms with Gasteiger partial charge < -0.3 is 64.2 Å². The highest BCUT2D eigenvalue weighted by Crippen LogP contribution is 2.26. The molecule has 428 valence electrons. The third-order valence-electron chi connectivity index (χ3n) is 12.8. The molecule has 0 aromatic carbocycles. The van der Waals surface area contributed by atoms with E-state index in [1.807, 2.05) is 0 Å². The summed E-state index contributed by atoms with van der Waals surface area (Å²) in [6, 6.07) is 0. The largest absolute Gasteiger partial charge is 0.457 e. The zero-order valence-electron chi connectivity index (χ0n) is 45.7. The minimum Gasteiger partial charge on any atom is -0.457 e. The Labute approximate surface area is 451 Å². The van der Waals surface area contributed by atoms with Gasteiger partial charge in [0.1, 0.15) is 54.9 Å². The Balaban J connectivity index is 1.74. The fourth-order valence-corrected chi connectivity index (χ4v) is 8.24. The first kappa shape index (κ1) is 67.8. The van der Waals surface area contributed by atoms with Crippen molar-refractivity contribution in [2.75, 3.05) is 33.0 Å². The lowest BCUT2D eigenvalue weighted by molar-refractivity contribution is -0.332. The summed E-state index contributed by atoms with van der Waals surface area (Å²) in [6.07, 6.45) is 47.1. The Morgan fingerprint density at radius 1 is 0.440 bits per heavy atom.